The highest BCUT2D eigenvalue weighted by atomic mass is 16.6. The van der Waals surface area contributed by atoms with Gasteiger partial charge in [-0.1, -0.05) is 29.8 Å². The number of imidazole rings is 1. The lowest BCUT2D eigenvalue weighted by atomic mass is 9.88. The Morgan fingerprint density at radius 2 is 1.88 bits per heavy atom. The fourth-order valence-electron chi connectivity index (χ4n) is 5.56. The van der Waals surface area contributed by atoms with Crippen molar-refractivity contribution in [3.05, 3.63) is 82.7 Å². The molecule has 1 unspecified atom stereocenters. The van der Waals surface area contributed by atoms with Gasteiger partial charge < -0.3 is 24.3 Å². The van der Waals surface area contributed by atoms with Crippen molar-refractivity contribution < 1.29 is 19.1 Å². The van der Waals surface area contributed by atoms with Crippen molar-refractivity contribution in [3.63, 3.8) is 0 Å². The molecule has 0 bridgehead atoms. The lowest BCUT2D eigenvalue weighted by Gasteiger charge is -2.40. The molecule has 3 heterocycles. The van der Waals surface area contributed by atoms with Gasteiger partial charge in [-0.25, -0.2) is 14.6 Å². The molecule has 10 heteroatoms. The zero-order valence-electron chi connectivity index (χ0n) is 24.5. The van der Waals surface area contributed by atoms with Gasteiger partial charge in [-0.05, 0) is 62.1 Å². The number of pyridine rings is 1. The fourth-order valence-corrected chi connectivity index (χ4v) is 5.56. The molecule has 1 aromatic carbocycles. The van der Waals surface area contributed by atoms with Gasteiger partial charge in [-0.15, -0.1) is 0 Å². The number of alkyl carbamates (subject to hydrolysis) is 1. The predicted molar refractivity (Wildman–Crippen MR) is 156 cm³/mol. The number of rotatable bonds is 4. The minimum absolute atomic E-state index is 0.151. The first-order valence-corrected chi connectivity index (χ1v) is 13.9. The Hall–Kier alpha value is -4.18. The number of carbonyl (C=O) groups excluding carboxylic acids is 2. The number of hydrogen-bond donors (Lipinski definition) is 1. The second-order valence-corrected chi connectivity index (χ2v) is 11.6. The molecule has 2 atom stereocenters. The molecule has 5 rings (SSSR count). The van der Waals surface area contributed by atoms with Crippen LogP contribution in [0.1, 0.15) is 66.5 Å². The van der Waals surface area contributed by atoms with Gasteiger partial charge >= 0.3 is 12.2 Å². The number of aryl methyl sites for hydroxylation is 2. The van der Waals surface area contributed by atoms with Gasteiger partial charge in [0.25, 0.3) is 0 Å². The highest BCUT2D eigenvalue weighted by Crippen LogP contribution is 2.43. The molecule has 216 valence electrons. The van der Waals surface area contributed by atoms with Crippen LogP contribution in [0.15, 0.2) is 49.1 Å². The number of benzene rings is 1. The summed E-state index contributed by atoms with van der Waals surface area (Å²) in [5.74, 6) is 0. The fraction of sp³-hybridized carbons (Fsp3) is 0.419. The monoisotopic (exact) mass is 558 g/mol. The Bertz CT molecular complexity index is 1470. The molecule has 0 radical (unpaired) electrons. The summed E-state index contributed by atoms with van der Waals surface area (Å²) < 4.78 is 12.6. The Morgan fingerprint density at radius 3 is 2.54 bits per heavy atom. The van der Waals surface area contributed by atoms with E-state index in [9.17, 15) is 9.59 Å². The summed E-state index contributed by atoms with van der Waals surface area (Å²) in [5, 5.41) is 3.05. The summed E-state index contributed by atoms with van der Waals surface area (Å²) in [7, 11) is 3.27. The number of fused-ring (bicyclic) bond motifs is 2. The van der Waals surface area contributed by atoms with Gasteiger partial charge in [0.15, 0.2) is 0 Å². The van der Waals surface area contributed by atoms with Crippen molar-refractivity contribution in [2.75, 3.05) is 33.3 Å². The van der Waals surface area contributed by atoms with E-state index in [4.69, 9.17) is 14.5 Å². The summed E-state index contributed by atoms with van der Waals surface area (Å²) in [6.07, 6.45) is 6.60. The number of nitrogens with zero attached hydrogens (tertiary/aromatic N) is 5. The van der Waals surface area contributed by atoms with E-state index in [1.165, 1.54) is 7.11 Å². The van der Waals surface area contributed by atoms with E-state index < -0.39 is 17.7 Å². The van der Waals surface area contributed by atoms with Crippen molar-refractivity contribution >= 4 is 23.8 Å². The van der Waals surface area contributed by atoms with Gasteiger partial charge in [0.1, 0.15) is 5.60 Å². The van der Waals surface area contributed by atoms with Gasteiger partial charge in [0.2, 0.25) is 0 Å². The molecule has 2 aliphatic rings. The number of aromatic nitrogens is 3. The predicted octanol–water partition coefficient (Wildman–Crippen LogP) is 4.72. The lowest BCUT2D eigenvalue weighted by Crippen LogP contribution is -2.51. The molecule has 1 aliphatic carbocycles. The van der Waals surface area contributed by atoms with E-state index in [2.05, 4.69) is 52.5 Å². The minimum Gasteiger partial charge on any atom is -0.453 e. The van der Waals surface area contributed by atoms with Crippen LogP contribution in [0.4, 0.5) is 9.59 Å². The summed E-state index contributed by atoms with van der Waals surface area (Å²) in [6, 6.07) is 9.75. The molecular weight excluding hydrogens is 520 g/mol. The zero-order chi connectivity index (χ0) is 29.3. The van der Waals surface area contributed by atoms with Gasteiger partial charge in [-0.3, -0.25) is 9.88 Å². The van der Waals surface area contributed by atoms with Crippen molar-refractivity contribution in [1.82, 2.24) is 29.7 Å². The van der Waals surface area contributed by atoms with Crippen LogP contribution in [0.25, 0.3) is 11.6 Å². The molecule has 2 aromatic heterocycles. The number of piperazine rings is 1. The lowest BCUT2D eigenvalue weighted by molar-refractivity contribution is 0.0118. The summed E-state index contributed by atoms with van der Waals surface area (Å²) >= 11 is 0. The van der Waals surface area contributed by atoms with E-state index in [1.807, 2.05) is 44.6 Å². The van der Waals surface area contributed by atoms with Crippen molar-refractivity contribution in [3.8, 4) is 0 Å². The molecule has 2 amide bonds. The Morgan fingerprint density at radius 1 is 1.12 bits per heavy atom. The van der Waals surface area contributed by atoms with Crippen LogP contribution in [0.5, 0.6) is 0 Å². The average molecular weight is 559 g/mol. The van der Waals surface area contributed by atoms with Crippen LogP contribution in [-0.4, -0.2) is 75.4 Å². The van der Waals surface area contributed by atoms with Crippen molar-refractivity contribution in [1.29, 1.82) is 0 Å². The van der Waals surface area contributed by atoms with Gasteiger partial charge in [0, 0.05) is 39.4 Å². The Labute approximate surface area is 241 Å². The number of hydrogen-bond acceptors (Lipinski definition) is 7. The van der Waals surface area contributed by atoms with Crippen LogP contribution in [-0.2, 0) is 16.5 Å². The molecule has 1 saturated heterocycles. The summed E-state index contributed by atoms with van der Waals surface area (Å²) in [6.45, 7) is 10.1. The highest BCUT2D eigenvalue weighted by Gasteiger charge is 2.36. The molecule has 3 aromatic rings. The quantitative estimate of drug-likeness (QED) is 0.495. The maximum absolute atomic E-state index is 12.8. The van der Waals surface area contributed by atoms with E-state index in [0.717, 1.165) is 39.2 Å². The number of nitrogens with one attached hydrogen (secondary N) is 1. The summed E-state index contributed by atoms with van der Waals surface area (Å²) in [5.41, 5.74) is 6.30. The van der Waals surface area contributed by atoms with E-state index >= 15 is 0 Å². The molecule has 0 spiro atoms. The first kappa shape index (κ1) is 28.4. The van der Waals surface area contributed by atoms with Crippen molar-refractivity contribution in [2.45, 2.75) is 45.4 Å². The van der Waals surface area contributed by atoms with Crippen LogP contribution >= 0.6 is 0 Å². The Balaban J connectivity index is 1.58. The number of amides is 2. The SMILES string of the molecule is COC(=O)NC(C1=Cc2cccnc2[C@@H](N2CCN(C(=O)OC(C)(C)C)CC2)c2ccc(C)cc21)c1cncn1C. The zero-order valence-corrected chi connectivity index (χ0v) is 24.5. The molecule has 41 heavy (non-hydrogen) atoms. The Kier molecular flexibility index (Phi) is 7.86. The maximum atomic E-state index is 12.8. The standard InChI is InChI=1S/C31H38N6O4/c1-20-9-10-22-23(16-20)24(27(34-29(38)40-6)25-18-32-19-35(25)5)17-21-8-7-11-33-26(21)28(22)36-12-14-37(15-13-36)30(39)41-31(2,3)4/h7-11,16-19,27-28H,12-15H2,1-6H3,(H,34,38)/t27?,28-/m0/s1. The number of methoxy groups -OCH3 is 1. The molecule has 10 nitrogen and oxygen atoms in total. The third-order valence-electron chi connectivity index (χ3n) is 7.50. The smallest absolute Gasteiger partial charge is 0.410 e. The number of ether oxygens (including phenoxy) is 2. The van der Waals surface area contributed by atoms with Crippen LogP contribution in [0.2, 0.25) is 0 Å². The maximum Gasteiger partial charge on any atom is 0.410 e. The van der Waals surface area contributed by atoms with Gasteiger partial charge in [-0.2, -0.15) is 0 Å². The van der Waals surface area contributed by atoms with Gasteiger partial charge in [0.05, 0.1) is 43.1 Å². The van der Waals surface area contributed by atoms with E-state index in [0.29, 0.717) is 26.2 Å². The number of carbonyl (C=O) groups is 2. The first-order valence-electron chi connectivity index (χ1n) is 13.9. The second kappa shape index (κ2) is 11.4. The average Bonchev–Trinajstić information content (AvgIpc) is 3.30. The minimum atomic E-state index is -0.542. The van der Waals surface area contributed by atoms with E-state index in [1.54, 1.807) is 17.4 Å². The molecule has 1 fully saturated rings. The summed E-state index contributed by atoms with van der Waals surface area (Å²) in [4.78, 5) is 38.7. The third kappa shape index (κ3) is 5.97. The molecular formula is C31H38N6O4. The molecule has 1 N–H and O–H groups in total. The van der Waals surface area contributed by atoms with Crippen LogP contribution < -0.4 is 5.32 Å². The molecule has 0 saturated carbocycles. The first-order chi connectivity index (χ1) is 19.6. The second-order valence-electron chi connectivity index (χ2n) is 11.6. The largest absolute Gasteiger partial charge is 0.453 e. The van der Waals surface area contributed by atoms with Crippen molar-refractivity contribution in [2.24, 2.45) is 7.05 Å². The molecule has 1 aliphatic heterocycles. The topological polar surface area (TPSA) is 102 Å². The van der Waals surface area contributed by atoms with Crippen LogP contribution in [0.3, 0.4) is 0 Å². The van der Waals surface area contributed by atoms with Crippen LogP contribution in [0, 0.1) is 6.92 Å². The van der Waals surface area contributed by atoms with E-state index in [-0.39, 0.29) is 12.1 Å². The normalized spacial score (nSPS) is 18.0. The third-order valence-corrected chi connectivity index (χ3v) is 7.50. The highest BCUT2D eigenvalue weighted by molar-refractivity contribution is 5.90.